The van der Waals surface area contributed by atoms with E-state index in [1.165, 1.54) is 0 Å². The summed E-state index contributed by atoms with van der Waals surface area (Å²) in [6.45, 7) is 6.45. The van der Waals surface area contributed by atoms with E-state index < -0.39 is 0 Å². The number of nitrogens with zero attached hydrogens (tertiary/aromatic N) is 3. The molecule has 2 aliphatic heterocycles. The van der Waals surface area contributed by atoms with Crippen LogP contribution in [-0.2, 0) is 16.1 Å². The Morgan fingerprint density at radius 3 is 2.93 bits per heavy atom. The minimum absolute atomic E-state index is 0.00304. The molecule has 2 aromatic rings. The maximum Gasteiger partial charge on any atom is 0.254 e. The number of aromatic nitrogens is 2. The van der Waals surface area contributed by atoms with Gasteiger partial charge in [0.1, 0.15) is 5.75 Å². The van der Waals surface area contributed by atoms with Crippen molar-refractivity contribution in [2.75, 3.05) is 26.3 Å². The second-order valence-corrected chi connectivity index (χ2v) is 7.46. The van der Waals surface area contributed by atoms with Gasteiger partial charge in [0.15, 0.2) is 6.61 Å². The zero-order valence-corrected chi connectivity index (χ0v) is 16.2. The predicted molar refractivity (Wildman–Crippen MR) is 99.0 cm³/mol. The summed E-state index contributed by atoms with van der Waals surface area (Å²) < 4.78 is 22.4. The van der Waals surface area contributed by atoms with Crippen LogP contribution in [0.1, 0.15) is 41.8 Å². The smallest absolute Gasteiger partial charge is 0.254 e. The predicted octanol–water partition coefficient (Wildman–Crippen LogP) is 2.37. The molecule has 2 saturated heterocycles. The molecule has 8 heteroatoms. The van der Waals surface area contributed by atoms with E-state index in [-0.39, 0.29) is 24.2 Å². The lowest BCUT2D eigenvalue weighted by Crippen LogP contribution is -2.58. The van der Waals surface area contributed by atoms with Gasteiger partial charge in [-0.15, -0.1) is 0 Å². The fourth-order valence-corrected chi connectivity index (χ4v) is 3.85. The number of morpholine rings is 1. The van der Waals surface area contributed by atoms with Crippen LogP contribution in [0.3, 0.4) is 0 Å². The second kappa shape index (κ2) is 7.89. The highest BCUT2D eigenvalue weighted by Gasteiger charge is 2.42. The molecule has 1 atom stereocenters. The lowest BCUT2D eigenvalue weighted by atomic mass is 9.91. The van der Waals surface area contributed by atoms with Crippen LogP contribution in [0.2, 0.25) is 0 Å². The number of hydrogen-bond acceptors (Lipinski definition) is 7. The molecular formula is C20H25N3O5. The Bertz CT molecular complexity index is 831. The molecule has 150 valence electrons. The minimum atomic E-state index is -0.295. The molecule has 1 aromatic carbocycles. The molecule has 28 heavy (non-hydrogen) atoms. The number of carbonyl (C=O) groups is 1. The number of aryl methyl sites for hydroxylation is 1. The lowest BCUT2D eigenvalue weighted by Gasteiger charge is -2.47. The van der Waals surface area contributed by atoms with Gasteiger partial charge in [0.25, 0.3) is 5.91 Å². The highest BCUT2D eigenvalue weighted by Crippen LogP contribution is 2.32. The third kappa shape index (κ3) is 4.18. The molecule has 0 aliphatic carbocycles. The van der Waals surface area contributed by atoms with Crippen molar-refractivity contribution in [2.24, 2.45) is 0 Å². The average molecular weight is 387 g/mol. The third-order valence-corrected chi connectivity index (χ3v) is 5.12. The van der Waals surface area contributed by atoms with E-state index in [1.54, 1.807) is 13.0 Å². The molecule has 2 fully saturated rings. The Hall–Kier alpha value is -2.45. The second-order valence-electron chi connectivity index (χ2n) is 7.46. The number of carbonyl (C=O) groups excluding carboxylic acids is 1. The van der Waals surface area contributed by atoms with Gasteiger partial charge in [-0.1, -0.05) is 11.2 Å². The molecule has 1 amide bonds. The molecule has 2 aliphatic rings. The number of ether oxygens (including phenoxy) is 3. The van der Waals surface area contributed by atoms with Crippen molar-refractivity contribution in [3.05, 3.63) is 41.5 Å². The van der Waals surface area contributed by atoms with E-state index in [0.717, 1.165) is 12.8 Å². The zero-order chi connectivity index (χ0) is 19.6. The topological polar surface area (TPSA) is 86.9 Å². The average Bonchev–Trinajstić information content (AvgIpc) is 3.11. The van der Waals surface area contributed by atoms with Crippen molar-refractivity contribution >= 4 is 5.91 Å². The summed E-state index contributed by atoms with van der Waals surface area (Å²) in [5.74, 6) is 1.54. The minimum Gasteiger partial charge on any atom is -0.485 e. The van der Waals surface area contributed by atoms with Gasteiger partial charge in [-0.3, -0.25) is 4.79 Å². The van der Waals surface area contributed by atoms with Crippen LogP contribution in [0.5, 0.6) is 5.75 Å². The van der Waals surface area contributed by atoms with Crippen molar-refractivity contribution in [1.29, 1.82) is 0 Å². The largest absolute Gasteiger partial charge is 0.485 e. The van der Waals surface area contributed by atoms with Crippen LogP contribution in [0, 0.1) is 6.92 Å². The van der Waals surface area contributed by atoms with Crippen LogP contribution in [0.15, 0.2) is 28.8 Å². The van der Waals surface area contributed by atoms with Crippen LogP contribution in [0.25, 0.3) is 0 Å². The first-order chi connectivity index (χ1) is 13.5. The van der Waals surface area contributed by atoms with Crippen molar-refractivity contribution in [3.63, 3.8) is 0 Å². The maximum absolute atomic E-state index is 13.1. The number of amides is 1. The Morgan fingerprint density at radius 1 is 1.36 bits per heavy atom. The van der Waals surface area contributed by atoms with Gasteiger partial charge in [0, 0.05) is 45.1 Å². The summed E-state index contributed by atoms with van der Waals surface area (Å²) in [5, 5.41) is 3.81. The van der Waals surface area contributed by atoms with Gasteiger partial charge >= 0.3 is 0 Å². The molecule has 3 heterocycles. The number of rotatable bonds is 4. The van der Waals surface area contributed by atoms with Gasteiger partial charge in [0.05, 0.1) is 18.2 Å². The Morgan fingerprint density at radius 2 is 2.18 bits per heavy atom. The standard InChI is InChI=1S/C20H25N3O5/c1-14-11-23(13-20(27-14)6-8-25-9-7-20)19(24)16-4-3-5-17(10-16)26-12-18-21-15(2)28-22-18/h3-5,10,14H,6-9,11-13H2,1-2H3. The van der Waals surface area contributed by atoms with Gasteiger partial charge in [-0.2, -0.15) is 4.98 Å². The van der Waals surface area contributed by atoms with Crippen LogP contribution >= 0.6 is 0 Å². The molecule has 4 rings (SSSR count). The van der Waals surface area contributed by atoms with Gasteiger partial charge < -0.3 is 23.6 Å². The van der Waals surface area contributed by atoms with Crippen molar-refractivity contribution < 1.29 is 23.5 Å². The van der Waals surface area contributed by atoms with Crippen LogP contribution in [0.4, 0.5) is 0 Å². The zero-order valence-electron chi connectivity index (χ0n) is 16.2. The highest BCUT2D eigenvalue weighted by molar-refractivity contribution is 5.94. The summed E-state index contributed by atoms with van der Waals surface area (Å²) in [7, 11) is 0. The van der Waals surface area contributed by atoms with E-state index in [0.29, 0.717) is 49.3 Å². The molecule has 0 radical (unpaired) electrons. The fourth-order valence-electron chi connectivity index (χ4n) is 3.85. The fraction of sp³-hybridized carbons (Fsp3) is 0.550. The van der Waals surface area contributed by atoms with E-state index in [1.807, 2.05) is 30.0 Å². The van der Waals surface area contributed by atoms with Crippen LogP contribution < -0.4 is 4.74 Å². The van der Waals surface area contributed by atoms with Crippen molar-refractivity contribution in [3.8, 4) is 5.75 Å². The number of benzene rings is 1. The summed E-state index contributed by atoms with van der Waals surface area (Å²) in [5.41, 5.74) is 0.300. The van der Waals surface area contributed by atoms with Gasteiger partial charge in [0.2, 0.25) is 11.7 Å². The molecule has 0 bridgehead atoms. The molecule has 1 spiro atoms. The van der Waals surface area contributed by atoms with Gasteiger partial charge in [-0.05, 0) is 25.1 Å². The normalized spacial score (nSPS) is 21.6. The SMILES string of the molecule is Cc1nc(COc2cccc(C(=O)N3CC(C)OC4(CCOCC4)C3)c2)no1. The Balaban J connectivity index is 1.45. The number of hydrogen-bond donors (Lipinski definition) is 0. The van der Waals surface area contributed by atoms with Crippen LogP contribution in [-0.4, -0.2) is 59.0 Å². The van der Waals surface area contributed by atoms with E-state index in [2.05, 4.69) is 10.1 Å². The van der Waals surface area contributed by atoms with E-state index in [9.17, 15) is 4.79 Å². The molecule has 1 aromatic heterocycles. The Kier molecular flexibility index (Phi) is 5.32. The molecule has 0 saturated carbocycles. The summed E-state index contributed by atoms with van der Waals surface area (Å²) in [4.78, 5) is 19.1. The Labute approximate surface area is 163 Å². The first kappa shape index (κ1) is 18.9. The maximum atomic E-state index is 13.1. The van der Waals surface area contributed by atoms with Gasteiger partial charge in [-0.25, -0.2) is 0 Å². The van der Waals surface area contributed by atoms with E-state index in [4.69, 9.17) is 18.7 Å². The lowest BCUT2D eigenvalue weighted by molar-refractivity contribution is -0.176. The van der Waals surface area contributed by atoms with E-state index >= 15 is 0 Å². The van der Waals surface area contributed by atoms with Crippen molar-refractivity contribution in [1.82, 2.24) is 15.0 Å². The summed E-state index contributed by atoms with van der Waals surface area (Å²) in [6, 6.07) is 7.19. The monoisotopic (exact) mass is 387 g/mol. The highest BCUT2D eigenvalue weighted by atomic mass is 16.5. The molecule has 8 nitrogen and oxygen atoms in total. The summed E-state index contributed by atoms with van der Waals surface area (Å²) >= 11 is 0. The molecule has 1 unspecified atom stereocenters. The van der Waals surface area contributed by atoms with Crippen molar-refractivity contribution in [2.45, 2.75) is 45.0 Å². The molecule has 0 N–H and O–H groups in total. The molecular weight excluding hydrogens is 362 g/mol. The summed E-state index contributed by atoms with van der Waals surface area (Å²) in [6.07, 6.45) is 1.62. The third-order valence-electron chi connectivity index (χ3n) is 5.12. The first-order valence-electron chi connectivity index (χ1n) is 9.60. The first-order valence-corrected chi connectivity index (χ1v) is 9.60. The quantitative estimate of drug-likeness (QED) is 0.796.